The summed E-state index contributed by atoms with van der Waals surface area (Å²) in [4.78, 5) is 0. The quantitative estimate of drug-likeness (QED) is 0.611. The highest BCUT2D eigenvalue weighted by molar-refractivity contribution is 4.84. The highest BCUT2D eigenvalue weighted by atomic mass is 16.5. The molecule has 1 unspecified atom stereocenters. The molecular formula is C9H18N2O. The van der Waals surface area contributed by atoms with Crippen molar-refractivity contribution in [1.29, 1.82) is 5.26 Å². The Morgan fingerprint density at radius 3 is 2.58 bits per heavy atom. The lowest BCUT2D eigenvalue weighted by Gasteiger charge is -2.08. The zero-order valence-corrected chi connectivity index (χ0v) is 8.13. The first-order valence-corrected chi connectivity index (χ1v) is 4.41. The van der Waals surface area contributed by atoms with Gasteiger partial charge in [0.15, 0.2) is 0 Å². The first-order valence-electron chi connectivity index (χ1n) is 4.41. The lowest BCUT2D eigenvalue weighted by atomic mass is 10.3. The molecule has 0 aliphatic heterocycles. The second-order valence-electron chi connectivity index (χ2n) is 3.08. The maximum absolute atomic E-state index is 8.44. The number of ether oxygens (including phenoxy) is 1. The molecule has 0 bridgehead atoms. The third-order valence-electron chi connectivity index (χ3n) is 1.42. The smallest absolute Gasteiger partial charge is 0.0924 e. The van der Waals surface area contributed by atoms with Crippen LogP contribution in [0.4, 0.5) is 0 Å². The van der Waals surface area contributed by atoms with Gasteiger partial charge in [0.2, 0.25) is 0 Å². The molecule has 0 aromatic heterocycles. The molecule has 0 fully saturated rings. The van der Waals surface area contributed by atoms with Crippen molar-refractivity contribution in [3.8, 4) is 6.07 Å². The van der Waals surface area contributed by atoms with Gasteiger partial charge in [0, 0.05) is 6.61 Å². The van der Waals surface area contributed by atoms with E-state index in [0.717, 1.165) is 19.6 Å². The van der Waals surface area contributed by atoms with Gasteiger partial charge in [-0.15, -0.1) is 0 Å². The zero-order valence-electron chi connectivity index (χ0n) is 8.13. The van der Waals surface area contributed by atoms with Crippen LogP contribution in [0.2, 0.25) is 0 Å². The molecule has 0 aliphatic carbocycles. The van der Waals surface area contributed by atoms with Gasteiger partial charge < -0.3 is 10.1 Å². The molecular weight excluding hydrogens is 152 g/mol. The summed E-state index contributed by atoms with van der Waals surface area (Å²) < 4.78 is 5.33. The second kappa shape index (κ2) is 7.08. The Labute approximate surface area is 74.7 Å². The van der Waals surface area contributed by atoms with Crippen molar-refractivity contribution in [2.24, 2.45) is 0 Å². The maximum Gasteiger partial charge on any atom is 0.0924 e. The Morgan fingerprint density at radius 2 is 2.08 bits per heavy atom. The number of hydrogen-bond donors (Lipinski definition) is 1. The fraction of sp³-hybridized carbons (Fsp3) is 0.889. The van der Waals surface area contributed by atoms with Crippen LogP contribution in [0, 0.1) is 11.3 Å². The van der Waals surface area contributed by atoms with E-state index in [4.69, 9.17) is 10.00 Å². The minimum atomic E-state index is -0.0518. The SMILES string of the molecule is CC(C#N)NCCCOC(C)C. The lowest BCUT2D eigenvalue weighted by Crippen LogP contribution is -2.26. The summed E-state index contributed by atoms with van der Waals surface area (Å²) in [5.74, 6) is 0. The van der Waals surface area contributed by atoms with Crippen LogP contribution in [-0.2, 0) is 4.74 Å². The Kier molecular flexibility index (Phi) is 6.73. The van der Waals surface area contributed by atoms with E-state index in [1.54, 1.807) is 0 Å². The van der Waals surface area contributed by atoms with Gasteiger partial charge in [-0.3, -0.25) is 0 Å². The summed E-state index contributed by atoms with van der Waals surface area (Å²) >= 11 is 0. The molecule has 0 amide bonds. The molecule has 0 spiro atoms. The number of rotatable bonds is 6. The Bertz CT molecular complexity index is 140. The molecule has 0 aromatic rings. The molecule has 0 radical (unpaired) electrons. The molecule has 3 nitrogen and oxygen atoms in total. The average Bonchev–Trinajstić information content (AvgIpc) is 2.03. The normalized spacial score (nSPS) is 12.9. The summed E-state index contributed by atoms with van der Waals surface area (Å²) in [5.41, 5.74) is 0. The van der Waals surface area contributed by atoms with Crippen LogP contribution < -0.4 is 5.32 Å². The van der Waals surface area contributed by atoms with Gasteiger partial charge in [0.05, 0.1) is 18.2 Å². The van der Waals surface area contributed by atoms with Crippen LogP contribution in [0.1, 0.15) is 27.2 Å². The van der Waals surface area contributed by atoms with Gasteiger partial charge >= 0.3 is 0 Å². The van der Waals surface area contributed by atoms with Gasteiger partial charge in [-0.2, -0.15) is 5.26 Å². The molecule has 0 rings (SSSR count). The van der Waals surface area contributed by atoms with E-state index in [1.807, 2.05) is 20.8 Å². The number of nitrogens with zero attached hydrogens (tertiary/aromatic N) is 1. The molecule has 3 heteroatoms. The van der Waals surface area contributed by atoms with E-state index in [0.29, 0.717) is 6.10 Å². The Hall–Kier alpha value is -0.590. The van der Waals surface area contributed by atoms with E-state index < -0.39 is 0 Å². The fourth-order valence-electron chi connectivity index (χ4n) is 0.755. The highest BCUT2D eigenvalue weighted by Crippen LogP contribution is 1.89. The molecule has 0 saturated carbocycles. The predicted molar refractivity (Wildman–Crippen MR) is 48.8 cm³/mol. The minimum Gasteiger partial charge on any atom is -0.379 e. The van der Waals surface area contributed by atoms with E-state index >= 15 is 0 Å². The molecule has 70 valence electrons. The largest absolute Gasteiger partial charge is 0.379 e. The van der Waals surface area contributed by atoms with Crippen molar-refractivity contribution in [3.05, 3.63) is 0 Å². The molecule has 1 N–H and O–H groups in total. The molecule has 0 saturated heterocycles. The van der Waals surface area contributed by atoms with E-state index in [-0.39, 0.29) is 6.04 Å². The summed E-state index contributed by atoms with van der Waals surface area (Å²) in [6.07, 6.45) is 1.27. The maximum atomic E-state index is 8.44. The number of hydrogen-bond acceptors (Lipinski definition) is 3. The van der Waals surface area contributed by atoms with Crippen LogP contribution in [-0.4, -0.2) is 25.3 Å². The first-order chi connectivity index (χ1) is 5.66. The predicted octanol–water partition coefficient (Wildman–Crippen LogP) is 1.30. The summed E-state index contributed by atoms with van der Waals surface area (Å²) in [7, 11) is 0. The van der Waals surface area contributed by atoms with Crippen LogP contribution in [0.5, 0.6) is 0 Å². The Balaban J connectivity index is 3.07. The van der Waals surface area contributed by atoms with Crippen LogP contribution >= 0.6 is 0 Å². The zero-order chi connectivity index (χ0) is 9.40. The van der Waals surface area contributed by atoms with Gasteiger partial charge in [-0.25, -0.2) is 0 Å². The van der Waals surface area contributed by atoms with Gasteiger partial charge in [0.25, 0.3) is 0 Å². The van der Waals surface area contributed by atoms with E-state index in [1.165, 1.54) is 0 Å². The standard InChI is InChI=1S/C9H18N2O/c1-8(2)12-6-4-5-11-9(3)7-10/h8-9,11H,4-6H2,1-3H3. The molecule has 0 aromatic carbocycles. The van der Waals surface area contributed by atoms with Gasteiger partial charge in [-0.05, 0) is 33.7 Å². The lowest BCUT2D eigenvalue weighted by molar-refractivity contribution is 0.0770. The summed E-state index contributed by atoms with van der Waals surface area (Å²) in [6, 6.07) is 2.06. The monoisotopic (exact) mass is 170 g/mol. The Morgan fingerprint density at radius 1 is 1.42 bits per heavy atom. The number of nitriles is 1. The molecule has 12 heavy (non-hydrogen) atoms. The molecule has 0 heterocycles. The number of nitrogens with one attached hydrogen (secondary N) is 1. The van der Waals surface area contributed by atoms with Crippen molar-refractivity contribution in [2.75, 3.05) is 13.2 Å². The summed E-state index contributed by atoms with van der Waals surface area (Å²) in [6.45, 7) is 7.50. The average molecular weight is 170 g/mol. The third-order valence-corrected chi connectivity index (χ3v) is 1.42. The van der Waals surface area contributed by atoms with Gasteiger partial charge in [-0.1, -0.05) is 0 Å². The highest BCUT2D eigenvalue weighted by Gasteiger charge is 1.96. The summed E-state index contributed by atoms with van der Waals surface area (Å²) in [5, 5.41) is 11.5. The van der Waals surface area contributed by atoms with Crippen molar-refractivity contribution >= 4 is 0 Å². The van der Waals surface area contributed by atoms with Crippen molar-refractivity contribution in [1.82, 2.24) is 5.32 Å². The van der Waals surface area contributed by atoms with Crippen molar-refractivity contribution < 1.29 is 4.74 Å². The second-order valence-corrected chi connectivity index (χ2v) is 3.08. The minimum absolute atomic E-state index is 0.0518. The van der Waals surface area contributed by atoms with Gasteiger partial charge in [0.1, 0.15) is 0 Å². The van der Waals surface area contributed by atoms with Crippen LogP contribution in [0.15, 0.2) is 0 Å². The van der Waals surface area contributed by atoms with Crippen molar-refractivity contribution in [2.45, 2.75) is 39.3 Å². The first kappa shape index (κ1) is 11.4. The topological polar surface area (TPSA) is 45.0 Å². The third kappa shape index (κ3) is 7.52. The van der Waals surface area contributed by atoms with E-state index in [2.05, 4.69) is 11.4 Å². The van der Waals surface area contributed by atoms with E-state index in [9.17, 15) is 0 Å². The molecule has 0 aliphatic rings. The molecule has 1 atom stereocenters. The van der Waals surface area contributed by atoms with Crippen molar-refractivity contribution in [3.63, 3.8) is 0 Å². The van der Waals surface area contributed by atoms with Crippen LogP contribution in [0.3, 0.4) is 0 Å². The fourth-order valence-corrected chi connectivity index (χ4v) is 0.755. The van der Waals surface area contributed by atoms with Crippen LogP contribution in [0.25, 0.3) is 0 Å².